The van der Waals surface area contributed by atoms with E-state index < -0.39 is 11.8 Å². The molecule has 1 aromatic carbocycles. The number of amides is 3. The molecule has 0 radical (unpaired) electrons. The number of hydrogen-bond donors (Lipinski definition) is 3. The third-order valence-corrected chi connectivity index (χ3v) is 7.03. The molecule has 10 nitrogen and oxygen atoms in total. The van der Waals surface area contributed by atoms with Gasteiger partial charge in [0.25, 0.3) is 17.7 Å². The van der Waals surface area contributed by atoms with Crippen LogP contribution in [0.25, 0.3) is 0 Å². The first kappa shape index (κ1) is 24.4. The number of piperidine rings is 1. The van der Waals surface area contributed by atoms with Crippen LogP contribution >= 0.6 is 11.3 Å². The Hall–Kier alpha value is -3.73. The van der Waals surface area contributed by atoms with Crippen molar-refractivity contribution in [3.63, 3.8) is 0 Å². The number of aromatic nitrogens is 3. The van der Waals surface area contributed by atoms with Crippen LogP contribution in [0.2, 0.25) is 0 Å². The van der Waals surface area contributed by atoms with Gasteiger partial charge in [-0.15, -0.1) is 11.3 Å². The fourth-order valence-corrected chi connectivity index (χ4v) is 4.74. The fourth-order valence-electron chi connectivity index (χ4n) is 3.77. The Morgan fingerprint density at radius 2 is 1.77 bits per heavy atom. The molecule has 4 rings (SSSR count). The molecule has 0 saturated carbocycles. The number of nitrogens with zero attached hydrogens (tertiary/aromatic N) is 3. The van der Waals surface area contributed by atoms with E-state index >= 15 is 0 Å². The highest BCUT2D eigenvalue weighted by Gasteiger charge is 2.26. The second-order valence-corrected chi connectivity index (χ2v) is 9.49. The first-order valence-corrected chi connectivity index (χ1v) is 12.2. The van der Waals surface area contributed by atoms with Crippen molar-refractivity contribution < 1.29 is 19.1 Å². The maximum Gasteiger partial charge on any atom is 0.290 e. The highest BCUT2D eigenvalue weighted by Crippen LogP contribution is 2.30. The largest absolute Gasteiger partial charge is 0.484 e. The van der Waals surface area contributed by atoms with Crippen molar-refractivity contribution in [3.05, 3.63) is 62.9 Å². The van der Waals surface area contributed by atoms with Crippen molar-refractivity contribution in [3.8, 4) is 5.75 Å². The van der Waals surface area contributed by atoms with Crippen LogP contribution in [0.3, 0.4) is 0 Å². The Kier molecular flexibility index (Phi) is 7.45. The van der Waals surface area contributed by atoms with E-state index in [0.29, 0.717) is 18.8 Å². The molecule has 11 heteroatoms. The summed E-state index contributed by atoms with van der Waals surface area (Å²) in [6.45, 7) is 7.06. The summed E-state index contributed by atoms with van der Waals surface area (Å²) >= 11 is 1.41. The number of likely N-dealkylation sites (tertiary alicyclic amines) is 1. The van der Waals surface area contributed by atoms with Gasteiger partial charge in [-0.1, -0.05) is 6.07 Å². The molecule has 3 amide bonds. The molecule has 0 spiro atoms. The number of aryl methyl sites for hydroxylation is 3. The summed E-state index contributed by atoms with van der Waals surface area (Å²) in [5, 5.41) is 9.04. The van der Waals surface area contributed by atoms with Crippen molar-refractivity contribution in [2.75, 3.05) is 19.7 Å². The number of nitrogens with one attached hydrogen (secondary N) is 3. The van der Waals surface area contributed by atoms with Crippen molar-refractivity contribution in [2.45, 2.75) is 39.5 Å². The van der Waals surface area contributed by atoms with Gasteiger partial charge in [-0.05, 0) is 62.9 Å². The third kappa shape index (κ3) is 6.04. The lowest BCUT2D eigenvalue weighted by Crippen LogP contribution is -2.42. The Morgan fingerprint density at radius 3 is 2.43 bits per heavy atom. The molecular formula is C24H28N6O4S. The molecule has 3 N–H and O–H groups in total. The number of hydrogen-bond acceptors (Lipinski definition) is 7. The van der Waals surface area contributed by atoms with Gasteiger partial charge in [0.15, 0.2) is 12.3 Å². The van der Waals surface area contributed by atoms with Gasteiger partial charge < -0.3 is 9.64 Å². The standard InChI is InChI=1S/C24H28N6O4S/c1-14-4-5-18(10-15(14)2)34-12-21(31)30-8-6-17(7-9-30)24-25-20(13-35-24)23(33)29-28-22(32)19-11-16(3)26-27-19/h4-5,10-11,13,17H,6-9,12H2,1-3H3,(H,26,27)(H,28,32)(H,29,33). The minimum Gasteiger partial charge on any atom is -0.484 e. The summed E-state index contributed by atoms with van der Waals surface area (Å²) in [4.78, 5) is 43.2. The van der Waals surface area contributed by atoms with Crippen molar-refractivity contribution in [2.24, 2.45) is 0 Å². The van der Waals surface area contributed by atoms with Gasteiger partial charge in [0.1, 0.15) is 11.4 Å². The number of ether oxygens (including phenoxy) is 1. The predicted octanol–water partition coefficient (Wildman–Crippen LogP) is 2.65. The summed E-state index contributed by atoms with van der Waals surface area (Å²) in [5.41, 5.74) is 8.17. The van der Waals surface area contributed by atoms with E-state index in [4.69, 9.17) is 4.74 Å². The number of aromatic amines is 1. The third-order valence-electron chi connectivity index (χ3n) is 6.02. The average molecular weight is 497 g/mol. The summed E-state index contributed by atoms with van der Waals surface area (Å²) in [7, 11) is 0. The van der Waals surface area contributed by atoms with Crippen LogP contribution in [-0.2, 0) is 4.79 Å². The molecule has 0 bridgehead atoms. The number of rotatable bonds is 6. The van der Waals surface area contributed by atoms with Crippen molar-refractivity contribution in [1.29, 1.82) is 0 Å². The molecule has 2 aromatic heterocycles. The highest BCUT2D eigenvalue weighted by atomic mass is 32.1. The van der Waals surface area contributed by atoms with Gasteiger partial charge in [-0.25, -0.2) is 4.98 Å². The molecule has 1 aliphatic rings. The topological polar surface area (TPSA) is 129 Å². The molecule has 1 saturated heterocycles. The minimum absolute atomic E-state index is 0.0122. The second kappa shape index (κ2) is 10.7. The lowest BCUT2D eigenvalue weighted by molar-refractivity contribution is -0.134. The minimum atomic E-state index is -0.517. The number of carbonyl (C=O) groups is 3. The lowest BCUT2D eigenvalue weighted by atomic mass is 9.97. The van der Waals surface area contributed by atoms with E-state index in [9.17, 15) is 14.4 Å². The van der Waals surface area contributed by atoms with Crippen molar-refractivity contribution >= 4 is 29.1 Å². The molecule has 1 aliphatic heterocycles. The maximum atomic E-state index is 12.6. The van der Waals surface area contributed by atoms with Gasteiger partial charge >= 0.3 is 0 Å². The van der Waals surface area contributed by atoms with Crippen LogP contribution in [-0.4, -0.2) is 57.5 Å². The predicted molar refractivity (Wildman–Crippen MR) is 130 cm³/mol. The zero-order valence-corrected chi connectivity index (χ0v) is 20.7. The van der Waals surface area contributed by atoms with E-state index in [1.165, 1.54) is 16.9 Å². The van der Waals surface area contributed by atoms with E-state index in [0.717, 1.165) is 29.1 Å². The maximum absolute atomic E-state index is 12.6. The van der Waals surface area contributed by atoms with Crippen LogP contribution in [0.15, 0.2) is 29.6 Å². The number of thiazole rings is 1. The van der Waals surface area contributed by atoms with Crippen LogP contribution < -0.4 is 15.6 Å². The number of carbonyl (C=O) groups excluding carboxylic acids is 3. The zero-order chi connectivity index (χ0) is 24.9. The molecular weight excluding hydrogens is 468 g/mol. The highest BCUT2D eigenvalue weighted by molar-refractivity contribution is 7.09. The van der Waals surface area contributed by atoms with E-state index in [1.54, 1.807) is 18.4 Å². The summed E-state index contributed by atoms with van der Waals surface area (Å²) in [5.74, 6) is -0.182. The number of H-pyrrole nitrogens is 1. The summed E-state index contributed by atoms with van der Waals surface area (Å²) < 4.78 is 5.69. The van der Waals surface area contributed by atoms with Gasteiger partial charge in [0.05, 0.1) is 5.01 Å². The monoisotopic (exact) mass is 496 g/mol. The number of benzene rings is 1. The molecule has 3 aromatic rings. The first-order valence-electron chi connectivity index (χ1n) is 11.4. The Morgan fingerprint density at radius 1 is 1.06 bits per heavy atom. The van der Waals surface area contributed by atoms with Gasteiger partial charge in [-0.2, -0.15) is 5.10 Å². The van der Waals surface area contributed by atoms with Crippen LogP contribution in [0.5, 0.6) is 5.75 Å². The summed E-state index contributed by atoms with van der Waals surface area (Å²) in [6, 6.07) is 7.38. The molecule has 184 valence electrons. The average Bonchev–Trinajstić information content (AvgIpc) is 3.53. The molecule has 0 unspecified atom stereocenters. The quantitative estimate of drug-likeness (QED) is 0.450. The fraction of sp³-hybridized carbons (Fsp3) is 0.375. The van der Waals surface area contributed by atoms with E-state index in [-0.39, 0.29) is 29.8 Å². The van der Waals surface area contributed by atoms with Crippen LogP contribution in [0, 0.1) is 20.8 Å². The smallest absolute Gasteiger partial charge is 0.290 e. The Bertz CT molecular complexity index is 1230. The molecule has 3 heterocycles. The second-order valence-electron chi connectivity index (χ2n) is 8.61. The molecule has 35 heavy (non-hydrogen) atoms. The van der Waals surface area contributed by atoms with Gasteiger partial charge in [0.2, 0.25) is 0 Å². The molecule has 1 fully saturated rings. The van der Waals surface area contributed by atoms with Crippen LogP contribution in [0.1, 0.15) is 61.6 Å². The summed E-state index contributed by atoms with van der Waals surface area (Å²) in [6.07, 6.45) is 1.53. The van der Waals surface area contributed by atoms with Crippen molar-refractivity contribution in [1.82, 2.24) is 30.9 Å². The Balaban J connectivity index is 1.23. The van der Waals surface area contributed by atoms with E-state index in [2.05, 4.69) is 26.0 Å². The first-order chi connectivity index (χ1) is 16.8. The normalized spacial score (nSPS) is 14.0. The Labute approximate surface area is 207 Å². The molecule has 0 aliphatic carbocycles. The molecule has 0 atom stereocenters. The number of hydrazine groups is 1. The lowest BCUT2D eigenvalue weighted by Gasteiger charge is -2.31. The van der Waals surface area contributed by atoms with E-state index in [1.807, 2.05) is 36.9 Å². The SMILES string of the molecule is Cc1cc(C(=O)NNC(=O)c2csc(C3CCN(C(=O)COc4ccc(C)c(C)c4)CC3)n2)n[nH]1. The van der Waals surface area contributed by atoms with Gasteiger partial charge in [0, 0.05) is 30.1 Å². The van der Waals surface area contributed by atoms with Gasteiger partial charge in [-0.3, -0.25) is 30.3 Å². The van der Waals surface area contributed by atoms with Crippen LogP contribution in [0.4, 0.5) is 0 Å². The zero-order valence-electron chi connectivity index (χ0n) is 19.9.